The Morgan fingerprint density at radius 2 is 2.13 bits per heavy atom. The molecule has 0 aliphatic rings. The van der Waals surface area contributed by atoms with Crippen LogP contribution >= 0.6 is 11.3 Å². The molecular formula is C17H24N4OS. The van der Waals surface area contributed by atoms with Gasteiger partial charge in [0.25, 0.3) is 0 Å². The van der Waals surface area contributed by atoms with Crippen LogP contribution in [0.3, 0.4) is 0 Å². The predicted octanol–water partition coefficient (Wildman–Crippen LogP) is 2.93. The molecule has 6 heteroatoms. The summed E-state index contributed by atoms with van der Waals surface area (Å²) in [6, 6.07) is 9.84. The fourth-order valence-corrected chi connectivity index (χ4v) is 2.80. The number of nitrogens with one attached hydrogen (secondary N) is 1. The van der Waals surface area contributed by atoms with Gasteiger partial charge in [0.05, 0.1) is 23.8 Å². The lowest BCUT2D eigenvalue weighted by Gasteiger charge is -2.23. The van der Waals surface area contributed by atoms with Crippen LogP contribution in [0.1, 0.15) is 17.6 Å². The number of nitrogens with zero attached hydrogens (tertiary/aromatic N) is 3. The highest BCUT2D eigenvalue weighted by Gasteiger charge is 2.10. The third-order valence-corrected chi connectivity index (χ3v) is 4.09. The van der Waals surface area contributed by atoms with Crippen LogP contribution in [0, 0.1) is 6.92 Å². The van der Waals surface area contributed by atoms with Gasteiger partial charge in [-0.25, -0.2) is 4.98 Å². The summed E-state index contributed by atoms with van der Waals surface area (Å²) in [5.74, 6) is 1.71. The molecule has 1 unspecified atom stereocenters. The first kappa shape index (κ1) is 17.3. The van der Waals surface area contributed by atoms with Gasteiger partial charge in [-0.3, -0.25) is 4.99 Å². The van der Waals surface area contributed by atoms with E-state index in [0.717, 1.165) is 29.0 Å². The van der Waals surface area contributed by atoms with Crippen LogP contribution in [-0.2, 0) is 6.54 Å². The van der Waals surface area contributed by atoms with E-state index in [0.29, 0.717) is 6.54 Å². The second kappa shape index (κ2) is 8.53. The Labute approximate surface area is 142 Å². The van der Waals surface area contributed by atoms with Crippen molar-refractivity contribution in [1.82, 2.24) is 15.2 Å². The zero-order chi connectivity index (χ0) is 16.7. The molecule has 0 aliphatic carbocycles. The smallest absolute Gasteiger partial charge is 0.193 e. The van der Waals surface area contributed by atoms with Gasteiger partial charge in [-0.05, 0) is 26.0 Å². The van der Waals surface area contributed by atoms with Crippen LogP contribution in [0.2, 0.25) is 0 Å². The molecule has 1 atom stereocenters. The second-order valence-corrected chi connectivity index (χ2v) is 6.45. The summed E-state index contributed by atoms with van der Waals surface area (Å²) >= 11 is 1.67. The molecule has 0 amide bonds. The van der Waals surface area contributed by atoms with E-state index in [1.165, 1.54) is 0 Å². The molecule has 0 spiro atoms. The molecule has 5 nitrogen and oxygen atoms in total. The molecular weight excluding hydrogens is 308 g/mol. The van der Waals surface area contributed by atoms with E-state index in [4.69, 9.17) is 4.74 Å². The summed E-state index contributed by atoms with van der Waals surface area (Å²) in [4.78, 5) is 10.9. The van der Waals surface area contributed by atoms with Crippen molar-refractivity contribution in [3.05, 3.63) is 46.4 Å². The van der Waals surface area contributed by atoms with Gasteiger partial charge in [-0.2, -0.15) is 0 Å². The number of hydrogen-bond donors (Lipinski definition) is 1. The summed E-state index contributed by atoms with van der Waals surface area (Å²) in [5, 5.41) is 6.51. The quantitative estimate of drug-likeness (QED) is 0.653. The minimum atomic E-state index is 0.0454. The molecule has 2 rings (SSSR count). The molecule has 1 aromatic heterocycles. The first-order valence-corrected chi connectivity index (χ1v) is 8.51. The highest BCUT2D eigenvalue weighted by atomic mass is 32.1. The lowest BCUT2D eigenvalue weighted by Crippen LogP contribution is -2.42. The van der Waals surface area contributed by atoms with Crippen molar-refractivity contribution in [1.29, 1.82) is 0 Å². The van der Waals surface area contributed by atoms with Gasteiger partial charge in [0.15, 0.2) is 5.96 Å². The van der Waals surface area contributed by atoms with Crippen LogP contribution in [-0.4, -0.2) is 42.6 Å². The number of hydrogen-bond acceptors (Lipinski definition) is 4. The molecule has 124 valence electrons. The average molecular weight is 332 g/mol. The Kier molecular flexibility index (Phi) is 6.40. The van der Waals surface area contributed by atoms with Crippen molar-refractivity contribution in [3.8, 4) is 5.75 Å². The first-order valence-electron chi connectivity index (χ1n) is 7.63. The summed E-state index contributed by atoms with van der Waals surface area (Å²) < 4.78 is 5.86. The molecule has 0 bridgehead atoms. The van der Waals surface area contributed by atoms with Gasteiger partial charge < -0.3 is 15.0 Å². The van der Waals surface area contributed by atoms with Crippen molar-refractivity contribution in [2.45, 2.75) is 26.5 Å². The van der Waals surface area contributed by atoms with E-state index >= 15 is 0 Å². The third kappa shape index (κ3) is 5.56. The van der Waals surface area contributed by atoms with E-state index in [9.17, 15) is 0 Å². The number of aromatic nitrogens is 1. The summed E-state index contributed by atoms with van der Waals surface area (Å²) in [7, 11) is 3.79. The van der Waals surface area contributed by atoms with Gasteiger partial charge in [0.2, 0.25) is 0 Å². The number of aliphatic imine (C=N–C) groups is 1. The molecule has 1 aromatic carbocycles. The Bertz CT molecular complexity index is 627. The molecule has 23 heavy (non-hydrogen) atoms. The zero-order valence-electron chi connectivity index (χ0n) is 14.1. The van der Waals surface area contributed by atoms with Crippen LogP contribution in [0.25, 0.3) is 0 Å². The SMILES string of the molecule is CN=C(NCC(C)Oc1ccccc1)N(C)Cc1csc(C)n1. The number of guanidine groups is 1. The number of thiazole rings is 1. The van der Waals surface area contributed by atoms with Gasteiger partial charge in [-0.1, -0.05) is 18.2 Å². The normalized spacial score (nSPS) is 12.8. The highest BCUT2D eigenvalue weighted by Crippen LogP contribution is 2.11. The van der Waals surface area contributed by atoms with E-state index in [1.807, 2.05) is 51.2 Å². The van der Waals surface area contributed by atoms with Crippen molar-refractivity contribution in [3.63, 3.8) is 0 Å². The average Bonchev–Trinajstić information content (AvgIpc) is 2.94. The molecule has 0 aliphatic heterocycles. The van der Waals surface area contributed by atoms with Crippen LogP contribution in [0.15, 0.2) is 40.7 Å². The van der Waals surface area contributed by atoms with Crippen LogP contribution < -0.4 is 10.1 Å². The fourth-order valence-electron chi connectivity index (χ4n) is 2.19. The van der Waals surface area contributed by atoms with Crippen molar-refractivity contribution >= 4 is 17.3 Å². The molecule has 1 heterocycles. The number of rotatable bonds is 6. The van der Waals surface area contributed by atoms with Crippen LogP contribution in [0.5, 0.6) is 5.75 Å². The Morgan fingerprint density at radius 1 is 1.39 bits per heavy atom. The lowest BCUT2D eigenvalue weighted by atomic mass is 10.3. The molecule has 0 radical (unpaired) electrons. The van der Waals surface area contributed by atoms with E-state index in [1.54, 1.807) is 18.4 Å². The van der Waals surface area contributed by atoms with Crippen molar-refractivity contribution < 1.29 is 4.74 Å². The number of aryl methyl sites for hydroxylation is 1. The summed E-state index contributed by atoms with van der Waals surface area (Å²) in [6.07, 6.45) is 0.0454. The standard InChI is InChI=1S/C17H24N4OS/c1-13(22-16-8-6-5-7-9-16)10-19-17(18-3)21(4)11-15-12-23-14(2)20-15/h5-9,12-13H,10-11H2,1-4H3,(H,18,19). The van der Waals surface area contributed by atoms with Gasteiger partial charge >= 0.3 is 0 Å². The lowest BCUT2D eigenvalue weighted by molar-refractivity contribution is 0.222. The molecule has 0 saturated carbocycles. The zero-order valence-corrected chi connectivity index (χ0v) is 14.9. The molecule has 1 N–H and O–H groups in total. The van der Waals surface area contributed by atoms with Gasteiger partial charge in [-0.15, -0.1) is 11.3 Å². The Balaban J connectivity index is 1.82. The minimum absolute atomic E-state index is 0.0454. The number of para-hydroxylation sites is 1. The first-order chi connectivity index (χ1) is 11.1. The van der Waals surface area contributed by atoms with Crippen molar-refractivity contribution in [2.75, 3.05) is 20.6 Å². The number of benzene rings is 1. The second-order valence-electron chi connectivity index (χ2n) is 5.38. The monoisotopic (exact) mass is 332 g/mol. The maximum absolute atomic E-state index is 5.86. The highest BCUT2D eigenvalue weighted by molar-refractivity contribution is 7.09. The molecule has 0 saturated heterocycles. The van der Waals surface area contributed by atoms with Gasteiger partial charge in [0.1, 0.15) is 11.9 Å². The molecule has 0 fully saturated rings. The predicted molar refractivity (Wildman–Crippen MR) is 96.2 cm³/mol. The summed E-state index contributed by atoms with van der Waals surface area (Å²) in [5.41, 5.74) is 1.06. The Hall–Kier alpha value is -2.08. The topological polar surface area (TPSA) is 49.8 Å². The molecule has 2 aromatic rings. The largest absolute Gasteiger partial charge is 0.489 e. The summed E-state index contributed by atoms with van der Waals surface area (Å²) in [6.45, 7) is 5.47. The maximum atomic E-state index is 5.86. The van der Waals surface area contributed by atoms with Gasteiger partial charge in [0, 0.05) is 19.5 Å². The third-order valence-electron chi connectivity index (χ3n) is 3.27. The Morgan fingerprint density at radius 3 is 2.74 bits per heavy atom. The van der Waals surface area contributed by atoms with Crippen LogP contribution in [0.4, 0.5) is 0 Å². The number of ether oxygens (including phenoxy) is 1. The van der Waals surface area contributed by atoms with E-state index < -0.39 is 0 Å². The fraction of sp³-hybridized carbons (Fsp3) is 0.412. The minimum Gasteiger partial charge on any atom is -0.489 e. The van der Waals surface area contributed by atoms with Crippen molar-refractivity contribution in [2.24, 2.45) is 4.99 Å². The van der Waals surface area contributed by atoms with E-state index in [2.05, 4.69) is 25.6 Å². The maximum Gasteiger partial charge on any atom is 0.193 e. The van der Waals surface area contributed by atoms with E-state index in [-0.39, 0.29) is 6.10 Å².